The second-order valence-corrected chi connectivity index (χ2v) is 3.19. The molecule has 0 aliphatic carbocycles. The largest absolute Gasteiger partial charge is 0.254 e. The van der Waals surface area contributed by atoms with Crippen LogP contribution in [0.25, 0.3) is 11.0 Å². The lowest BCUT2D eigenvalue weighted by atomic mass is 10.3. The van der Waals surface area contributed by atoms with Crippen molar-refractivity contribution in [2.45, 2.75) is 26.8 Å². The number of hydrogen-bond donors (Lipinski definition) is 1. The molecule has 0 spiro atoms. The molecule has 0 unspecified atom stereocenters. The summed E-state index contributed by atoms with van der Waals surface area (Å²) in [6.45, 7) is 5.39. The summed E-state index contributed by atoms with van der Waals surface area (Å²) in [5.74, 6) is 1.31. The molecule has 0 radical (unpaired) electrons. The molecule has 2 heteroatoms. The maximum atomic E-state index is 3.43. The van der Waals surface area contributed by atoms with Gasteiger partial charge in [-0.25, -0.2) is 9.55 Å². The van der Waals surface area contributed by atoms with Gasteiger partial charge in [-0.3, -0.25) is 0 Å². The number of nitrogens with zero attached hydrogens (tertiary/aromatic N) is 1. The Hall–Kier alpha value is -1.31. The van der Waals surface area contributed by atoms with Crippen molar-refractivity contribution in [3.63, 3.8) is 0 Å². The molecule has 0 saturated carbocycles. The Bertz CT molecular complexity index is 415. The summed E-state index contributed by atoms with van der Waals surface area (Å²) < 4.78 is 2.33. The molecule has 2 nitrogen and oxygen atoms in total. The lowest BCUT2D eigenvalue weighted by Crippen LogP contribution is -2.35. The molecule has 0 saturated heterocycles. The summed E-state index contributed by atoms with van der Waals surface area (Å²) in [7, 11) is 0. The number of rotatable bonds is 2. The topological polar surface area (TPSA) is 19.7 Å². The minimum absolute atomic E-state index is 1.03. The van der Waals surface area contributed by atoms with Gasteiger partial charge in [0.25, 0.3) is 5.82 Å². The molecule has 0 fully saturated rings. The predicted molar refractivity (Wildman–Crippen MR) is 53.5 cm³/mol. The zero-order valence-electron chi connectivity index (χ0n) is 8.17. The fourth-order valence-electron chi connectivity index (χ4n) is 1.82. The van der Waals surface area contributed by atoms with Gasteiger partial charge in [0.2, 0.25) is 0 Å². The summed E-state index contributed by atoms with van der Waals surface area (Å²) >= 11 is 0. The second-order valence-electron chi connectivity index (χ2n) is 3.19. The Morgan fingerprint density at radius 2 is 2.00 bits per heavy atom. The average molecular weight is 175 g/mol. The Kier molecular flexibility index (Phi) is 2.05. The van der Waals surface area contributed by atoms with Crippen molar-refractivity contribution in [2.24, 2.45) is 0 Å². The number of aromatic amines is 1. The molecule has 1 N–H and O–H groups in total. The standard InChI is InChI=1S/C11H14N2/c1-3-11-12-9-7-5-6-8-10(9)13(11)4-2/h5-8H,3-4H2,1-2H3/p+1. The molecule has 2 aromatic rings. The number of H-pyrrole nitrogens is 1. The van der Waals surface area contributed by atoms with Crippen LogP contribution >= 0.6 is 0 Å². The third-order valence-electron chi connectivity index (χ3n) is 2.45. The maximum Gasteiger partial charge on any atom is 0.254 e. The Balaban J connectivity index is 2.73. The molecule has 13 heavy (non-hydrogen) atoms. The summed E-state index contributed by atoms with van der Waals surface area (Å²) in [5, 5.41) is 0. The van der Waals surface area contributed by atoms with E-state index < -0.39 is 0 Å². The third kappa shape index (κ3) is 1.22. The predicted octanol–water partition coefficient (Wildman–Crippen LogP) is 2.04. The van der Waals surface area contributed by atoms with Crippen molar-refractivity contribution >= 4 is 11.0 Å². The van der Waals surface area contributed by atoms with E-state index in [1.165, 1.54) is 16.9 Å². The van der Waals surface area contributed by atoms with Crippen molar-refractivity contribution in [1.82, 2.24) is 4.98 Å². The van der Waals surface area contributed by atoms with E-state index in [9.17, 15) is 0 Å². The highest BCUT2D eigenvalue weighted by Crippen LogP contribution is 2.08. The minimum Gasteiger partial charge on any atom is -0.241 e. The molecule has 0 aliphatic rings. The highest BCUT2D eigenvalue weighted by molar-refractivity contribution is 5.70. The van der Waals surface area contributed by atoms with Gasteiger partial charge in [0.15, 0.2) is 11.0 Å². The molecule has 1 aromatic carbocycles. The Morgan fingerprint density at radius 1 is 1.23 bits per heavy atom. The molecular formula is C11H15N2+. The van der Waals surface area contributed by atoms with Crippen molar-refractivity contribution in [3.8, 4) is 0 Å². The minimum atomic E-state index is 1.03. The van der Waals surface area contributed by atoms with Crippen molar-refractivity contribution < 1.29 is 4.57 Å². The number of fused-ring (bicyclic) bond motifs is 1. The zero-order valence-corrected chi connectivity index (χ0v) is 8.17. The van der Waals surface area contributed by atoms with Crippen molar-refractivity contribution in [3.05, 3.63) is 30.1 Å². The van der Waals surface area contributed by atoms with Crippen molar-refractivity contribution in [2.75, 3.05) is 0 Å². The third-order valence-corrected chi connectivity index (χ3v) is 2.45. The van der Waals surface area contributed by atoms with Crippen LogP contribution in [0.1, 0.15) is 19.7 Å². The van der Waals surface area contributed by atoms with Gasteiger partial charge in [0, 0.05) is 6.42 Å². The maximum absolute atomic E-state index is 3.43. The van der Waals surface area contributed by atoms with Crippen LogP contribution in [0.4, 0.5) is 0 Å². The molecule has 1 aromatic heterocycles. The van der Waals surface area contributed by atoms with Gasteiger partial charge in [-0.2, -0.15) is 0 Å². The van der Waals surface area contributed by atoms with E-state index in [4.69, 9.17) is 0 Å². The first kappa shape index (κ1) is 8.30. The first-order chi connectivity index (χ1) is 6.36. The van der Waals surface area contributed by atoms with Crippen LogP contribution in [0.5, 0.6) is 0 Å². The number of aromatic nitrogens is 2. The van der Waals surface area contributed by atoms with Gasteiger partial charge >= 0.3 is 0 Å². The van der Waals surface area contributed by atoms with E-state index in [0.29, 0.717) is 0 Å². The highest BCUT2D eigenvalue weighted by Gasteiger charge is 2.13. The normalized spacial score (nSPS) is 10.9. The van der Waals surface area contributed by atoms with E-state index in [2.05, 4.69) is 47.7 Å². The zero-order chi connectivity index (χ0) is 9.26. The molecule has 68 valence electrons. The molecular weight excluding hydrogens is 160 g/mol. The van der Waals surface area contributed by atoms with Crippen LogP contribution in [-0.4, -0.2) is 4.98 Å². The first-order valence-electron chi connectivity index (χ1n) is 4.86. The number of imidazole rings is 1. The monoisotopic (exact) mass is 175 g/mol. The molecule has 0 amide bonds. The summed E-state index contributed by atoms with van der Waals surface area (Å²) in [6.07, 6.45) is 1.06. The van der Waals surface area contributed by atoms with Crippen LogP contribution in [-0.2, 0) is 13.0 Å². The van der Waals surface area contributed by atoms with Gasteiger partial charge in [-0.15, -0.1) is 0 Å². The van der Waals surface area contributed by atoms with Gasteiger partial charge in [-0.1, -0.05) is 19.1 Å². The lowest BCUT2D eigenvalue weighted by Gasteiger charge is -1.93. The number of nitrogens with one attached hydrogen (secondary N) is 1. The second kappa shape index (κ2) is 3.21. The molecule has 2 rings (SSSR count). The number of hydrogen-bond acceptors (Lipinski definition) is 0. The van der Waals surface area contributed by atoms with Crippen LogP contribution in [0.3, 0.4) is 0 Å². The lowest BCUT2D eigenvalue weighted by molar-refractivity contribution is -0.675. The molecule has 0 atom stereocenters. The van der Waals surface area contributed by atoms with Gasteiger partial charge in [0.05, 0.1) is 6.54 Å². The Morgan fingerprint density at radius 3 is 2.69 bits per heavy atom. The number of benzene rings is 1. The summed E-state index contributed by atoms with van der Waals surface area (Å²) in [5.41, 5.74) is 2.54. The number of aryl methyl sites for hydroxylation is 2. The smallest absolute Gasteiger partial charge is 0.241 e. The van der Waals surface area contributed by atoms with Gasteiger partial charge < -0.3 is 0 Å². The summed E-state index contributed by atoms with van der Waals surface area (Å²) in [4.78, 5) is 3.43. The van der Waals surface area contributed by atoms with E-state index in [1.807, 2.05) is 0 Å². The fraction of sp³-hybridized carbons (Fsp3) is 0.364. The molecule has 1 heterocycles. The average Bonchev–Trinajstić information content (AvgIpc) is 2.55. The first-order valence-corrected chi connectivity index (χ1v) is 4.86. The van der Waals surface area contributed by atoms with Crippen LogP contribution < -0.4 is 4.57 Å². The van der Waals surface area contributed by atoms with Gasteiger partial charge in [0.1, 0.15) is 0 Å². The highest BCUT2D eigenvalue weighted by atomic mass is 15.1. The van der Waals surface area contributed by atoms with Gasteiger partial charge in [-0.05, 0) is 19.1 Å². The molecule has 0 bridgehead atoms. The van der Waals surface area contributed by atoms with Crippen LogP contribution in [0.15, 0.2) is 24.3 Å². The fourth-order valence-corrected chi connectivity index (χ4v) is 1.82. The molecule has 0 aliphatic heterocycles. The van der Waals surface area contributed by atoms with E-state index in [0.717, 1.165) is 13.0 Å². The quantitative estimate of drug-likeness (QED) is 0.674. The van der Waals surface area contributed by atoms with E-state index in [1.54, 1.807) is 0 Å². The van der Waals surface area contributed by atoms with Crippen LogP contribution in [0.2, 0.25) is 0 Å². The SMILES string of the molecule is CCc1[nH]c2ccccc2[n+]1CC. The Labute approximate surface area is 78.2 Å². The summed E-state index contributed by atoms with van der Waals surface area (Å²) in [6, 6.07) is 8.44. The van der Waals surface area contributed by atoms with E-state index >= 15 is 0 Å². The van der Waals surface area contributed by atoms with Crippen molar-refractivity contribution in [1.29, 1.82) is 0 Å². The number of para-hydroxylation sites is 2. The van der Waals surface area contributed by atoms with E-state index in [-0.39, 0.29) is 0 Å². The van der Waals surface area contributed by atoms with Crippen LogP contribution in [0, 0.1) is 0 Å².